The van der Waals surface area contributed by atoms with E-state index < -0.39 is 33.9 Å². The number of anilines is 2. The van der Waals surface area contributed by atoms with Crippen molar-refractivity contribution in [2.75, 3.05) is 30.8 Å². The summed E-state index contributed by atoms with van der Waals surface area (Å²) in [5.41, 5.74) is 4.27. The number of carboxylic acid groups (broad SMARTS) is 1. The summed E-state index contributed by atoms with van der Waals surface area (Å²) in [5.74, 6) is -1.34. The van der Waals surface area contributed by atoms with Gasteiger partial charge < -0.3 is 30.2 Å². The number of para-hydroxylation sites is 1. The third-order valence-corrected chi connectivity index (χ3v) is 5.52. The highest BCUT2D eigenvalue weighted by molar-refractivity contribution is 6.03. The molecule has 0 saturated carbocycles. The Morgan fingerprint density at radius 3 is 2.76 bits per heavy atom. The maximum atomic E-state index is 15.4. The average Bonchev–Trinajstić information content (AvgIpc) is 2.90. The van der Waals surface area contributed by atoms with Crippen LogP contribution in [0.1, 0.15) is 30.6 Å². The summed E-state index contributed by atoms with van der Waals surface area (Å²) in [6, 6.07) is 9.36. The predicted molar refractivity (Wildman–Crippen MR) is 124 cm³/mol. The summed E-state index contributed by atoms with van der Waals surface area (Å²) in [5, 5.41) is 12.3. The van der Waals surface area contributed by atoms with Gasteiger partial charge in [-0.3, -0.25) is 4.79 Å². The smallest absolute Gasteiger partial charge is 0.341 e. The lowest BCUT2D eigenvalue weighted by Crippen LogP contribution is -2.26. The van der Waals surface area contributed by atoms with Crippen LogP contribution in [0.4, 0.5) is 15.8 Å². The van der Waals surface area contributed by atoms with Crippen LogP contribution < -0.4 is 26.0 Å². The molecule has 0 saturated heterocycles. The van der Waals surface area contributed by atoms with Crippen molar-refractivity contribution in [2.45, 2.75) is 26.8 Å². The number of aromatic nitrogens is 1. The lowest BCUT2D eigenvalue weighted by atomic mass is 9.94. The van der Waals surface area contributed by atoms with Crippen molar-refractivity contribution in [3.8, 4) is 11.5 Å². The zero-order chi connectivity index (χ0) is 23.8. The summed E-state index contributed by atoms with van der Waals surface area (Å²) in [7, 11) is 0. The Morgan fingerprint density at radius 1 is 1.33 bits per heavy atom. The van der Waals surface area contributed by atoms with Crippen LogP contribution in [0.25, 0.3) is 10.9 Å². The molecule has 9 heteroatoms. The van der Waals surface area contributed by atoms with E-state index in [1.54, 1.807) is 4.57 Å². The highest BCUT2D eigenvalue weighted by Gasteiger charge is 2.32. The quantitative estimate of drug-likeness (QED) is 0.367. The van der Waals surface area contributed by atoms with Gasteiger partial charge in [0.05, 0.1) is 29.8 Å². The van der Waals surface area contributed by atoms with Gasteiger partial charge in [-0.05, 0) is 18.6 Å². The Balaban J connectivity index is 1.70. The summed E-state index contributed by atoms with van der Waals surface area (Å²) in [4.78, 5) is 24.5. The molecule has 8 nitrogen and oxygen atoms in total. The van der Waals surface area contributed by atoms with Crippen LogP contribution in [0.2, 0.25) is 0 Å². The Hall–Kier alpha value is -3.75. The largest absolute Gasteiger partial charge is 0.494 e. The fourth-order valence-corrected chi connectivity index (χ4v) is 3.96. The van der Waals surface area contributed by atoms with E-state index >= 15 is 4.39 Å². The molecule has 2 aromatic carbocycles. The minimum absolute atomic E-state index is 0.0497. The lowest BCUT2D eigenvalue weighted by molar-refractivity contribution is 0.0694. The fourth-order valence-electron chi connectivity index (χ4n) is 3.96. The molecule has 0 atom stereocenters. The number of hydrogen-bond acceptors (Lipinski definition) is 6. The van der Waals surface area contributed by atoms with Crippen LogP contribution in [-0.2, 0) is 6.54 Å². The molecular formula is C24H26FN3O5. The van der Waals surface area contributed by atoms with Crippen molar-refractivity contribution in [3.05, 3.63) is 58.1 Å². The summed E-state index contributed by atoms with van der Waals surface area (Å²) >= 11 is 0. The number of rotatable bonds is 7. The number of nitrogens with one attached hydrogen (secondary N) is 1. The molecule has 0 fully saturated rings. The molecule has 2 heterocycles. The van der Waals surface area contributed by atoms with E-state index in [1.165, 1.54) is 6.20 Å². The first-order valence-electron chi connectivity index (χ1n) is 10.7. The molecule has 0 unspecified atom stereocenters. The standard InChI is InChI=1S/C24H26FN3O5/c1-24(2)12-28-11-15(23(30)31)21(29)16-18(26)17(25)19(22(20(16)28)33-13-24)27-9-6-10-32-14-7-4-3-5-8-14/h3-5,7-8,11,27H,6,9-10,12-13,26H2,1-2H3,(H,30,31). The molecule has 33 heavy (non-hydrogen) atoms. The number of aromatic carboxylic acids is 1. The molecule has 0 bridgehead atoms. The van der Waals surface area contributed by atoms with Gasteiger partial charge in [0.2, 0.25) is 5.43 Å². The van der Waals surface area contributed by atoms with Crippen LogP contribution in [0, 0.1) is 11.2 Å². The molecule has 4 rings (SSSR count). The van der Waals surface area contributed by atoms with Gasteiger partial charge >= 0.3 is 5.97 Å². The predicted octanol–water partition coefficient (Wildman–Crippen LogP) is 3.72. The van der Waals surface area contributed by atoms with E-state index in [1.807, 2.05) is 44.2 Å². The van der Waals surface area contributed by atoms with Crippen LogP contribution in [-0.4, -0.2) is 35.4 Å². The number of nitrogens with zero attached hydrogens (tertiary/aromatic N) is 1. The second-order valence-corrected chi connectivity index (χ2v) is 8.86. The van der Waals surface area contributed by atoms with Gasteiger partial charge in [-0.15, -0.1) is 0 Å². The minimum Gasteiger partial charge on any atom is -0.494 e. The SMILES string of the molecule is CC1(C)COc2c(NCCCOc3ccccc3)c(F)c(N)c3c(=O)c(C(=O)O)cn(c23)C1. The molecular weight excluding hydrogens is 429 g/mol. The van der Waals surface area contributed by atoms with Crippen LogP contribution in [0.15, 0.2) is 41.3 Å². The first-order valence-corrected chi connectivity index (χ1v) is 10.7. The monoisotopic (exact) mass is 455 g/mol. The third-order valence-electron chi connectivity index (χ3n) is 5.52. The molecule has 0 radical (unpaired) electrons. The number of carbonyl (C=O) groups is 1. The van der Waals surface area contributed by atoms with Gasteiger partial charge in [-0.1, -0.05) is 32.0 Å². The van der Waals surface area contributed by atoms with Crippen LogP contribution in [0.5, 0.6) is 11.5 Å². The van der Waals surface area contributed by atoms with Gasteiger partial charge in [0.15, 0.2) is 11.6 Å². The number of pyridine rings is 1. The lowest BCUT2D eigenvalue weighted by Gasteiger charge is -2.22. The van der Waals surface area contributed by atoms with Crippen molar-refractivity contribution < 1.29 is 23.8 Å². The van der Waals surface area contributed by atoms with E-state index in [0.29, 0.717) is 26.1 Å². The maximum Gasteiger partial charge on any atom is 0.341 e. The third kappa shape index (κ3) is 4.30. The normalized spacial score (nSPS) is 14.4. The van der Waals surface area contributed by atoms with E-state index in [-0.39, 0.29) is 28.9 Å². The molecule has 0 spiro atoms. The van der Waals surface area contributed by atoms with Gasteiger partial charge in [0.1, 0.15) is 17.0 Å². The topological polar surface area (TPSA) is 116 Å². The Labute approximate surface area is 189 Å². The number of halogens is 1. The van der Waals surface area contributed by atoms with Crippen molar-refractivity contribution in [3.63, 3.8) is 0 Å². The fraction of sp³-hybridized carbons (Fsp3) is 0.333. The average molecular weight is 455 g/mol. The van der Waals surface area contributed by atoms with E-state index in [9.17, 15) is 14.7 Å². The van der Waals surface area contributed by atoms with E-state index in [0.717, 1.165) is 5.75 Å². The number of benzene rings is 2. The summed E-state index contributed by atoms with van der Waals surface area (Å²) in [6.07, 6.45) is 1.85. The first kappa shape index (κ1) is 22.4. The van der Waals surface area contributed by atoms with Crippen LogP contribution in [0.3, 0.4) is 0 Å². The number of carboxylic acids is 1. The molecule has 0 aliphatic carbocycles. The van der Waals surface area contributed by atoms with E-state index in [2.05, 4.69) is 5.32 Å². The molecule has 1 aromatic heterocycles. The number of ether oxygens (including phenoxy) is 2. The van der Waals surface area contributed by atoms with Crippen molar-refractivity contribution >= 4 is 28.2 Å². The van der Waals surface area contributed by atoms with E-state index in [4.69, 9.17) is 15.2 Å². The van der Waals surface area contributed by atoms with Gasteiger partial charge in [-0.25, -0.2) is 9.18 Å². The molecule has 1 aliphatic rings. The highest BCUT2D eigenvalue weighted by atomic mass is 19.1. The molecule has 3 aromatic rings. The number of nitrogens with two attached hydrogens (primary N) is 1. The summed E-state index contributed by atoms with van der Waals surface area (Å²) in [6.45, 7) is 5.28. The zero-order valence-electron chi connectivity index (χ0n) is 18.5. The highest BCUT2D eigenvalue weighted by Crippen LogP contribution is 2.43. The number of nitrogen functional groups attached to an aromatic ring is 1. The molecule has 0 amide bonds. The second-order valence-electron chi connectivity index (χ2n) is 8.86. The Bertz CT molecular complexity index is 1270. The zero-order valence-corrected chi connectivity index (χ0v) is 18.5. The second kappa shape index (κ2) is 8.65. The molecule has 174 valence electrons. The molecule has 4 N–H and O–H groups in total. The van der Waals surface area contributed by atoms with Gasteiger partial charge in [-0.2, -0.15) is 0 Å². The maximum absolute atomic E-state index is 15.4. The minimum atomic E-state index is -1.39. The van der Waals surface area contributed by atoms with Crippen LogP contribution >= 0.6 is 0 Å². The summed E-state index contributed by atoms with van der Waals surface area (Å²) < 4.78 is 28.6. The molecule has 1 aliphatic heterocycles. The van der Waals surface area contributed by atoms with Crippen molar-refractivity contribution in [2.24, 2.45) is 5.41 Å². The Kier molecular flexibility index (Phi) is 5.88. The first-order chi connectivity index (χ1) is 15.7. The Morgan fingerprint density at radius 2 is 2.06 bits per heavy atom. The van der Waals surface area contributed by atoms with Gasteiger partial charge in [0, 0.05) is 24.7 Å². The van der Waals surface area contributed by atoms with Gasteiger partial charge in [0.25, 0.3) is 0 Å². The van der Waals surface area contributed by atoms with Crippen molar-refractivity contribution in [1.82, 2.24) is 4.57 Å². The number of hydrogen-bond donors (Lipinski definition) is 3. The van der Waals surface area contributed by atoms with Crippen molar-refractivity contribution in [1.29, 1.82) is 0 Å².